The summed E-state index contributed by atoms with van der Waals surface area (Å²) in [5.41, 5.74) is 8.86. The van der Waals surface area contributed by atoms with Gasteiger partial charge in [0.1, 0.15) is 0 Å². The molecule has 0 saturated heterocycles. The van der Waals surface area contributed by atoms with Crippen LogP contribution >= 0.6 is 0 Å². The molecule has 0 aliphatic rings. The van der Waals surface area contributed by atoms with Crippen LogP contribution in [0.5, 0.6) is 11.5 Å². The molecule has 0 aliphatic heterocycles. The highest BCUT2D eigenvalue weighted by atomic mass is 16.5. The van der Waals surface area contributed by atoms with Crippen LogP contribution in [-0.4, -0.2) is 25.4 Å². The van der Waals surface area contributed by atoms with E-state index in [-0.39, 0.29) is 6.61 Å². The second kappa shape index (κ2) is 7.38. The predicted molar refractivity (Wildman–Crippen MR) is 63.0 cm³/mol. The Bertz CT molecular complexity index is 403. The lowest BCUT2D eigenvalue weighted by Gasteiger charge is -2.11. The van der Waals surface area contributed by atoms with Crippen molar-refractivity contribution in [3.63, 3.8) is 0 Å². The maximum atomic E-state index is 8.98. The molecule has 92 valence electrons. The fraction of sp³-hybridized carbons (Fsp3) is 0.455. The molecule has 0 saturated carbocycles. The molecule has 6 heteroatoms. The van der Waals surface area contributed by atoms with E-state index in [2.05, 4.69) is 10.0 Å². The molecule has 0 radical (unpaired) electrons. The minimum atomic E-state index is -0.0342. The van der Waals surface area contributed by atoms with Gasteiger partial charge in [0.25, 0.3) is 0 Å². The van der Waals surface area contributed by atoms with Gasteiger partial charge in [-0.15, -0.1) is 0 Å². The fourth-order valence-electron chi connectivity index (χ4n) is 1.29. The normalized spacial score (nSPS) is 9.53. The zero-order valence-corrected chi connectivity index (χ0v) is 9.67. The zero-order chi connectivity index (χ0) is 12.5. The van der Waals surface area contributed by atoms with Crippen molar-refractivity contribution in [1.29, 1.82) is 0 Å². The number of hydrogen-bond acceptors (Lipinski definition) is 4. The maximum absolute atomic E-state index is 8.98. The second-order valence-electron chi connectivity index (χ2n) is 3.30. The van der Waals surface area contributed by atoms with Crippen LogP contribution in [0, 0.1) is 0 Å². The van der Waals surface area contributed by atoms with Crippen LogP contribution in [0.2, 0.25) is 0 Å². The van der Waals surface area contributed by atoms with Gasteiger partial charge in [-0.05, 0) is 29.6 Å². The van der Waals surface area contributed by atoms with Gasteiger partial charge < -0.3 is 14.6 Å². The van der Waals surface area contributed by atoms with Gasteiger partial charge in [0.2, 0.25) is 0 Å². The molecule has 1 aromatic carbocycles. The minimum Gasteiger partial charge on any atom is -0.493 e. The Kier molecular flexibility index (Phi) is 5.71. The van der Waals surface area contributed by atoms with E-state index >= 15 is 0 Å². The highest BCUT2D eigenvalue weighted by molar-refractivity contribution is 5.42. The third-order valence-corrected chi connectivity index (χ3v) is 2.13. The lowest BCUT2D eigenvalue weighted by molar-refractivity contribution is 0.276. The van der Waals surface area contributed by atoms with Crippen molar-refractivity contribution in [2.45, 2.75) is 13.0 Å². The summed E-state index contributed by atoms with van der Waals surface area (Å²) in [6, 6.07) is 5.24. The van der Waals surface area contributed by atoms with Gasteiger partial charge in [0.05, 0.1) is 20.3 Å². The highest BCUT2D eigenvalue weighted by Gasteiger charge is 2.04. The molecule has 0 spiro atoms. The molecular weight excluding hydrogens is 222 g/mol. The lowest BCUT2D eigenvalue weighted by atomic mass is 10.2. The Labute approximate surface area is 99.4 Å². The Balaban J connectivity index is 2.54. The summed E-state index contributed by atoms with van der Waals surface area (Å²) in [7, 11) is 1.54. The van der Waals surface area contributed by atoms with Gasteiger partial charge in [-0.3, -0.25) is 0 Å². The Hall–Kier alpha value is -1.91. The Morgan fingerprint density at radius 2 is 2.24 bits per heavy atom. The van der Waals surface area contributed by atoms with Crippen molar-refractivity contribution >= 4 is 0 Å². The third kappa shape index (κ3) is 4.22. The molecule has 0 bridgehead atoms. The Morgan fingerprint density at radius 1 is 1.41 bits per heavy atom. The first kappa shape index (κ1) is 13.2. The average Bonchev–Trinajstić information content (AvgIpc) is 2.38. The van der Waals surface area contributed by atoms with Gasteiger partial charge in [-0.25, -0.2) is 0 Å². The molecule has 1 N–H and O–H groups in total. The van der Waals surface area contributed by atoms with E-state index in [0.29, 0.717) is 31.1 Å². The van der Waals surface area contributed by atoms with Gasteiger partial charge in [0.15, 0.2) is 11.5 Å². The molecule has 17 heavy (non-hydrogen) atoms. The number of azide groups is 1. The molecule has 0 aromatic heterocycles. The van der Waals surface area contributed by atoms with Crippen molar-refractivity contribution in [2.24, 2.45) is 5.11 Å². The number of benzene rings is 1. The van der Waals surface area contributed by atoms with E-state index < -0.39 is 0 Å². The molecule has 0 atom stereocenters. The molecule has 0 fully saturated rings. The van der Waals surface area contributed by atoms with Crippen LogP contribution in [0.4, 0.5) is 0 Å². The Morgan fingerprint density at radius 3 is 2.88 bits per heavy atom. The van der Waals surface area contributed by atoms with E-state index in [4.69, 9.17) is 20.1 Å². The van der Waals surface area contributed by atoms with E-state index in [9.17, 15) is 0 Å². The molecule has 1 aromatic rings. The quantitative estimate of drug-likeness (QED) is 0.341. The highest BCUT2D eigenvalue weighted by Crippen LogP contribution is 2.28. The number of ether oxygens (including phenoxy) is 2. The SMILES string of the molecule is COc1cc(CO)ccc1OCCCN=[N+]=[N-]. The third-order valence-electron chi connectivity index (χ3n) is 2.13. The number of aliphatic hydroxyl groups excluding tert-OH is 1. The molecule has 0 unspecified atom stereocenters. The maximum Gasteiger partial charge on any atom is 0.161 e. The van der Waals surface area contributed by atoms with E-state index in [1.807, 2.05) is 0 Å². The smallest absolute Gasteiger partial charge is 0.161 e. The van der Waals surface area contributed by atoms with Crippen LogP contribution < -0.4 is 9.47 Å². The van der Waals surface area contributed by atoms with E-state index in [1.165, 1.54) is 0 Å². The number of methoxy groups -OCH3 is 1. The van der Waals surface area contributed by atoms with Crippen molar-refractivity contribution in [3.8, 4) is 11.5 Å². The summed E-state index contributed by atoms with van der Waals surface area (Å²) in [5, 5.41) is 12.4. The van der Waals surface area contributed by atoms with Crippen LogP contribution in [-0.2, 0) is 6.61 Å². The number of nitrogens with zero attached hydrogens (tertiary/aromatic N) is 3. The monoisotopic (exact) mass is 237 g/mol. The standard InChI is InChI=1S/C11H15N3O3/c1-16-11-7-9(8-15)3-4-10(11)17-6-2-5-13-14-12/h3-4,7,15H,2,5-6,8H2,1H3. The summed E-state index contributed by atoms with van der Waals surface area (Å²) in [6.45, 7) is 0.828. The summed E-state index contributed by atoms with van der Waals surface area (Å²) >= 11 is 0. The molecule has 0 amide bonds. The molecule has 6 nitrogen and oxygen atoms in total. The summed E-state index contributed by atoms with van der Waals surface area (Å²) in [4.78, 5) is 2.65. The first-order chi connectivity index (χ1) is 8.31. The van der Waals surface area contributed by atoms with E-state index in [0.717, 1.165) is 5.56 Å². The first-order valence-electron chi connectivity index (χ1n) is 5.23. The van der Waals surface area contributed by atoms with Crippen molar-refractivity contribution < 1.29 is 14.6 Å². The number of hydrogen-bond donors (Lipinski definition) is 1. The summed E-state index contributed by atoms with van der Waals surface area (Å²) in [6.07, 6.45) is 0.648. The molecule has 0 heterocycles. The van der Waals surface area contributed by atoms with Crippen LogP contribution in [0.1, 0.15) is 12.0 Å². The van der Waals surface area contributed by atoms with Crippen molar-refractivity contribution in [3.05, 3.63) is 34.2 Å². The van der Waals surface area contributed by atoms with Gasteiger partial charge in [0, 0.05) is 11.5 Å². The molecule has 0 aliphatic carbocycles. The van der Waals surface area contributed by atoms with Crippen LogP contribution in [0.15, 0.2) is 23.3 Å². The number of aliphatic hydroxyl groups is 1. The number of rotatable bonds is 7. The molecule has 1 rings (SSSR count). The second-order valence-corrected chi connectivity index (χ2v) is 3.30. The fourth-order valence-corrected chi connectivity index (χ4v) is 1.29. The largest absolute Gasteiger partial charge is 0.493 e. The first-order valence-corrected chi connectivity index (χ1v) is 5.23. The van der Waals surface area contributed by atoms with Gasteiger partial charge in [-0.2, -0.15) is 0 Å². The lowest BCUT2D eigenvalue weighted by Crippen LogP contribution is -2.01. The van der Waals surface area contributed by atoms with Crippen LogP contribution in [0.3, 0.4) is 0 Å². The topological polar surface area (TPSA) is 87.5 Å². The van der Waals surface area contributed by atoms with Crippen LogP contribution in [0.25, 0.3) is 10.4 Å². The minimum absolute atomic E-state index is 0.0342. The summed E-state index contributed by atoms with van der Waals surface area (Å²) in [5.74, 6) is 1.20. The van der Waals surface area contributed by atoms with Gasteiger partial charge in [-0.1, -0.05) is 11.2 Å². The van der Waals surface area contributed by atoms with Crippen molar-refractivity contribution in [1.82, 2.24) is 0 Å². The van der Waals surface area contributed by atoms with Gasteiger partial charge >= 0.3 is 0 Å². The zero-order valence-electron chi connectivity index (χ0n) is 9.67. The summed E-state index contributed by atoms with van der Waals surface area (Å²) < 4.78 is 10.6. The average molecular weight is 237 g/mol. The predicted octanol–water partition coefficient (Wildman–Crippen LogP) is 2.27. The van der Waals surface area contributed by atoms with E-state index in [1.54, 1.807) is 25.3 Å². The van der Waals surface area contributed by atoms with Crippen molar-refractivity contribution in [2.75, 3.05) is 20.3 Å². The molecular formula is C11H15N3O3.